The van der Waals surface area contributed by atoms with Crippen molar-refractivity contribution in [3.05, 3.63) is 20.8 Å². The second-order valence-corrected chi connectivity index (χ2v) is 7.11. The van der Waals surface area contributed by atoms with Crippen LogP contribution in [0.4, 0.5) is 0 Å². The van der Waals surface area contributed by atoms with Gasteiger partial charge in [0.2, 0.25) is 0 Å². The summed E-state index contributed by atoms with van der Waals surface area (Å²) in [6.07, 6.45) is 3.38. The Balaban J connectivity index is 1.94. The number of hydrogen-bond acceptors (Lipinski definition) is 3. The molecule has 0 radical (unpaired) electrons. The van der Waals surface area contributed by atoms with Crippen molar-refractivity contribution in [3.8, 4) is 0 Å². The molecule has 1 unspecified atom stereocenters. The molecule has 1 aliphatic carbocycles. The molecule has 0 amide bonds. The van der Waals surface area contributed by atoms with Crippen LogP contribution in [-0.4, -0.2) is 11.1 Å². The molecule has 0 aromatic carbocycles. The first-order valence-corrected chi connectivity index (χ1v) is 7.42. The molecule has 94 valence electrons. The van der Waals surface area contributed by atoms with Crippen molar-refractivity contribution >= 4 is 33.2 Å². The summed E-state index contributed by atoms with van der Waals surface area (Å²) in [4.78, 5) is 12.1. The first kappa shape index (κ1) is 13.1. The number of thiophene rings is 1. The molecule has 1 fully saturated rings. The van der Waals surface area contributed by atoms with Crippen LogP contribution in [0, 0.1) is 11.8 Å². The fraction of sp³-hybridized carbons (Fsp3) is 0.583. The first-order valence-electron chi connectivity index (χ1n) is 5.81. The van der Waals surface area contributed by atoms with E-state index in [1.54, 1.807) is 11.3 Å². The summed E-state index contributed by atoms with van der Waals surface area (Å²) in [5, 5.41) is 8.95. The Kier molecular flexibility index (Phi) is 4.22. The van der Waals surface area contributed by atoms with E-state index >= 15 is 0 Å². The highest BCUT2D eigenvalue weighted by atomic mass is 79.9. The molecule has 3 nitrogen and oxygen atoms in total. The van der Waals surface area contributed by atoms with Gasteiger partial charge in [-0.3, -0.25) is 4.79 Å². The molecule has 0 spiro atoms. The van der Waals surface area contributed by atoms with Gasteiger partial charge in [-0.25, -0.2) is 0 Å². The molecule has 1 heterocycles. The van der Waals surface area contributed by atoms with Crippen molar-refractivity contribution < 1.29 is 9.90 Å². The predicted molar refractivity (Wildman–Crippen MR) is 72.0 cm³/mol. The largest absolute Gasteiger partial charge is 0.481 e. The lowest BCUT2D eigenvalue weighted by atomic mass is 9.78. The van der Waals surface area contributed by atoms with E-state index in [1.807, 2.05) is 6.07 Å². The topological polar surface area (TPSA) is 63.3 Å². The number of rotatable bonds is 3. The fourth-order valence-electron chi connectivity index (χ4n) is 2.47. The van der Waals surface area contributed by atoms with E-state index in [-0.39, 0.29) is 12.0 Å². The van der Waals surface area contributed by atoms with E-state index in [1.165, 1.54) is 4.88 Å². The van der Waals surface area contributed by atoms with Crippen LogP contribution in [0.5, 0.6) is 0 Å². The van der Waals surface area contributed by atoms with E-state index in [0.29, 0.717) is 5.92 Å². The quantitative estimate of drug-likeness (QED) is 0.898. The fourth-order valence-corrected chi connectivity index (χ4v) is 3.98. The van der Waals surface area contributed by atoms with E-state index in [2.05, 4.69) is 22.0 Å². The molecule has 3 N–H and O–H groups in total. The van der Waals surface area contributed by atoms with Crippen molar-refractivity contribution in [1.82, 2.24) is 0 Å². The number of carboxylic acid groups (broad SMARTS) is 1. The Morgan fingerprint density at radius 2 is 2.06 bits per heavy atom. The minimum absolute atomic E-state index is 0.0565. The minimum atomic E-state index is -0.657. The molecule has 5 heteroatoms. The third-order valence-electron chi connectivity index (χ3n) is 3.55. The number of nitrogens with two attached hydrogens (primary N) is 1. The second-order valence-electron chi connectivity index (χ2n) is 4.62. The van der Waals surface area contributed by atoms with Gasteiger partial charge in [-0.2, -0.15) is 0 Å². The lowest BCUT2D eigenvalue weighted by Gasteiger charge is -2.29. The highest BCUT2D eigenvalue weighted by Gasteiger charge is 2.30. The van der Waals surface area contributed by atoms with Gasteiger partial charge in [0.25, 0.3) is 0 Å². The zero-order valence-corrected chi connectivity index (χ0v) is 11.8. The Morgan fingerprint density at radius 1 is 1.41 bits per heavy atom. The van der Waals surface area contributed by atoms with E-state index in [4.69, 9.17) is 10.8 Å². The summed E-state index contributed by atoms with van der Waals surface area (Å²) in [6, 6.07) is 4.13. The van der Waals surface area contributed by atoms with Crippen LogP contribution < -0.4 is 5.73 Å². The van der Waals surface area contributed by atoms with Gasteiger partial charge in [0, 0.05) is 10.9 Å². The summed E-state index contributed by atoms with van der Waals surface area (Å²) in [5.41, 5.74) is 6.25. The Hall–Kier alpha value is -0.390. The minimum Gasteiger partial charge on any atom is -0.481 e. The highest BCUT2D eigenvalue weighted by molar-refractivity contribution is 9.11. The van der Waals surface area contributed by atoms with Gasteiger partial charge in [-0.15, -0.1) is 11.3 Å². The van der Waals surface area contributed by atoms with Gasteiger partial charge in [-0.05, 0) is 59.7 Å². The molecular formula is C12H16BrNO2S. The number of carboxylic acids is 1. The van der Waals surface area contributed by atoms with Crippen molar-refractivity contribution in [3.63, 3.8) is 0 Å². The molecule has 1 saturated carbocycles. The van der Waals surface area contributed by atoms with Crippen molar-refractivity contribution in [1.29, 1.82) is 0 Å². The summed E-state index contributed by atoms with van der Waals surface area (Å²) >= 11 is 5.11. The summed E-state index contributed by atoms with van der Waals surface area (Å²) < 4.78 is 1.10. The standard InChI is InChI=1S/C12H16BrNO2S/c13-10-6-5-9(17-10)11(14)7-1-3-8(4-2-7)12(15)16/h5-8,11H,1-4,14H2,(H,15,16). The third-order valence-corrected chi connectivity index (χ3v) is 5.28. The Morgan fingerprint density at radius 3 is 2.53 bits per heavy atom. The average molecular weight is 318 g/mol. The highest BCUT2D eigenvalue weighted by Crippen LogP contribution is 2.38. The van der Waals surface area contributed by atoms with Gasteiger partial charge in [0.15, 0.2) is 0 Å². The SMILES string of the molecule is NC(c1ccc(Br)s1)C1CCC(C(=O)O)CC1. The van der Waals surface area contributed by atoms with Gasteiger partial charge in [-0.1, -0.05) is 0 Å². The maximum absolute atomic E-state index is 10.9. The van der Waals surface area contributed by atoms with Crippen LogP contribution in [0.3, 0.4) is 0 Å². The number of aliphatic carboxylic acids is 1. The molecule has 0 aliphatic heterocycles. The van der Waals surface area contributed by atoms with Crippen molar-refractivity contribution in [2.75, 3.05) is 0 Å². The van der Waals surface area contributed by atoms with Gasteiger partial charge in [0.1, 0.15) is 0 Å². The number of carbonyl (C=O) groups is 1. The van der Waals surface area contributed by atoms with Gasteiger partial charge >= 0.3 is 5.97 Å². The second kappa shape index (κ2) is 5.50. The summed E-state index contributed by atoms with van der Waals surface area (Å²) in [7, 11) is 0. The lowest BCUT2D eigenvalue weighted by Crippen LogP contribution is -2.28. The van der Waals surface area contributed by atoms with Crippen LogP contribution in [0.2, 0.25) is 0 Å². The zero-order valence-electron chi connectivity index (χ0n) is 9.43. The van der Waals surface area contributed by atoms with Crippen molar-refractivity contribution in [2.45, 2.75) is 31.7 Å². The Bertz CT molecular complexity index is 399. The monoisotopic (exact) mass is 317 g/mol. The van der Waals surface area contributed by atoms with E-state index < -0.39 is 5.97 Å². The van der Waals surface area contributed by atoms with Crippen LogP contribution in [0.25, 0.3) is 0 Å². The predicted octanol–water partition coefficient (Wildman–Crippen LogP) is 3.40. The van der Waals surface area contributed by atoms with Crippen molar-refractivity contribution in [2.24, 2.45) is 17.6 Å². The van der Waals surface area contributed by atoms with E-state index in [9.17, 15) is 4.79 Å². The third kappa shape index (κ3) is 3.09. The van der Waals surface area contributed by atoms with E-state index in [0.717, 1.165) is 29.5 Å². The average Bonchev–Trinajstić information content (AvgIpc) is 2.75. The maximum atomic E-state index is 10.9. The normalized spacial score (nSPS) is 26.7. The number of halogens is 1. The summed E-state index contributed by atoms with van der Waals surface area (Å²) in [5.74, 6) is -0.388. The molecule has 1 aliphatic rings. The molecule has 2 rings (SSSR count). The molecule has 0 saturated heterocycles. The summed E-state index contributed by atoms with van der Waals surface area (Å²) in [6.45, 7) is 0. The molecule has 0 bridgehead atoms. The lowest BCUT2D eigenvalue weighted by molar-refractivity contribution is -0.143. The van der Waals surface area contributed by atoms with Crippen LogP contribution in [0.1, 0.15) is 36.6 Å². The molecule has 1 atom stereocenters. The van der Waals surface area contributed by atoms with Crippen LogP contribution >= 0.6 is 27.3 Å². The Labute approximate surface area is 113 Å². The maximum Gasteiger partial charge on any atom is 0.306 e. The first-order chi connectivity index (χ1) is 8.08. The molecule has 1 aromatic rings. The number of hydrogen-bond donors (Lipinski definition) is 2. The molecular weight excluding hydrogens is 302 g/mol. The molecule has 17 heavy (non-hydrogen) atoms. The molecule has 1 aromatic heterocycles. The van der Waals surface area contributed by atoms with Crippen LogP contribution in [0.15, 0.2) is 15.9 Å². The van der Waals surface area contributed by atoms with Gasteiger partial charge < -0.3 is 10.8 Å². The smallest absolute Gasteiger partial charge is 0.306 e. The zero-order chi connectivity index (χ0) is 12.4. The van der Waals surface area contributed by atoms with Crippen LogP contribution in [-0.2, 0) is 4.79 Å². The van der Waals surface area contributed by atoms with Gasteiger partial charge in [0.05, 0.1) is 9.70 Å².